The first-order valence-corrected chi connectivity index (χ1v) is 5.74. The predicted octanol–water partition coefficient (Wildman–Crippen LogP) is 2.29. The van der Waals surface area contributed by atoms with Crippen LogP contribution >= 0.6 is 0 Å². The van der Waals surface area contributed by atoms with Crippen molar-refractivity contribution in [1.82, 2.24) is 0 Å². The minimum atomic E-state index is -0.298. The number of ether oxygens (including phenoxy) is 2. The van der Waals surface area contributed by atoms with E-state index in [1.165, 1.54) is 0 Å². The highest BCUT2D eigenvalue weighted by atomic mass is 16.7. The normalized spacial score (nSPS) is 11.0. The van der Waals surface area contributed by atoms with Gasteiger partial charge < -0.3 is 14.6 Å². The van der Waals surface area contributed by atoms with Crippen LogP contribution in [0.5, 0.6) is 0 Å². The fourth-order valence-electron chi connectivity index (χ4n) is 1.57. The number of aliphatic hydroxyl groups is 1. The number of benzene rings is 1. The van der Waals surface area contributed by atoms with Crippen molar-refractivity contribution in [2.75, 3.05) is 19.8 Å². The first-order chi connectivity index (χ1) is 7.81. The third-order valence-electron chi connectivity index (χ3n) is 2.26. The van der Waals surface area contributed by atoms with Crippen LogP contribution in [0.1, 0.15) is 31.3 Å². The zero-order valence-corrected chi connectivity index (χ0v) is 9.98. The maximum absolute atomic E-state index is 8.89. The van der Waals surface area contributed by atoms with Crippen molar-refractivity contribution >= 4 is 0 Å². The Balaban J connectivity index is 2.77. The van der Waals surface area contributed by atoms with E-state index in [1.54, 1.807) is 0 Å². The predicted molar refractivity (Wildman–Crippen MR) is 63.2 cm³/mol. The van der Waals surface area contributed by atoms with Crippen molar-refractivity contribution in [1.29, 1.82) is 0 Å². The van der Waals surface area contributed by atoms with E-state index in [-0.39, 0.29) is 12.9 Å². The lowest BCUT2D eigenvalue weighted by Gasteiger charge is -2.17. The molecule has 0 aliphatic heterocycles. The van der Waals surface area contributed by atoms with E-state index in [2.05, 4.69) is 0 Å². The number of hydrogen-bond donors (Lipinski definition) is 1. The van der Waals surface area contributed by atoms with Crippen molar-refractivity contribution in [3.05, 3.63) is 35.4 Å². The molecule has 0 aromatic heterocycles. The molecule has 0 saturated heterocycles. The largest absolute Gasteiger partial charge is 0.396 e. The van der Waals surface area contributed by atoms with Crippen molar-refractivity contribution < 1.29 is 14.6 Å². The van der Waals surface area contributed by atoms with Crippen LogP contribution in [0.4, 0.5) is 0 Å². The molecule has 1 N–H and O–H groups in total. The number of rotatable bonds is 7. The molecule has 3 nitrogen and oxygen atoms in total. The summed E-state index contributed by atoms with van der Waals surface area (Å²) in [5.41, 5.74) is 2.11. The van der Waals surface area contributed by atoms with E-state index < -0.39 is 0 Å². The van der Waals surface area contributed by atoms with E-state index in [9.17, 15) is 0 Å². The summed E-state index contributed by atoms with van der Waals surface area (Å²) in [6.07, 6.45) is 0.368. The van der Waals surface area contributed by atoms with Crippen LogP contribution in [0, 0.1) is 0 Å². The fourth-order valence-corrected chi connectivity index (χ4v) is 1.57. The van der Waals surface area contributed by atoms with Gasteiger partial charge in [0.2, 0.25) is 0 Å². The van der Waals surface area contributed by atoms with Gasteiger partial charge in [0, 0.05) is 25.4 Å². The quantitative estimate of drug-likeness (QED) is 0.722. The Morgan fingerprint density at radius 2 is 1.88 bits per heavy atom. The molecule has 0 bridgehead atoms. The first kappa shape index (κ1) is 13.2. The van der Waals surface area contributed by atoms with Gasteiger partial charge in [0.1, 0.15) is 0 Å². The Morgan fingerprint density at radius 1 is 1.19 bits per heavy atom. The van der Waals surface area contributed by atoms with Crippen molar-refractivity contribution in [3.8, 4) is 0 Å². The van der Waals surface area contributed by atoms with Crippen molar-refractivity contribution in [3.63, 3.8) is 0 Å². The molecule has 90 valence electrons. The third kappa shape index (κ3) is 3.93. The van der Waals surface area contributed by atoms with Gasteiger partial charge in [-0.15, -0.1) is 0 Å². The fraction of sp³-hybridized carbons (Fsp3) is 0.538. The summed E-state index contributed by atoms with van der Waals surface area (Å²) in [7, 11) is 0. The lowest BCUT2D eigenvalue weighted by Crippen LogP contribution is -2.09. The van der Waals surface area contributed by atoms with Gasteiger partial charge in [-0.2, -0.15) is 0 Å². The Morgan fingerprint density at radius 3 is 2.44 bits per heavy atom. The van der Waals surface area contributed by atoms with Crippen LogP contribution < -0.4 is 0 Å². The van der Waals surface area contributed by atoms with E-state index in [4.69, 9.17) is 14.6 Å². The Kier molecular flexibility index (Phi) is 6.08. The molecule has 1 aromatic carbocycles. The summed E-state index contributed by atoms with van der Waals surface area (Å²) in [5, 5.41) is 8.89. The maximum Gasteiger partial charge on any atom is 0.183 e. The third-order valence-corrected chi connectivity index (χ3v) is 2.26. The topological polar surface area (TPSA) is 38.7 Å². The first-order valence-electron chi connectivity index (χ1n) is 5.74. The van der Waals surface area contributed by atoms with E-state index >= 15 is 0 Å². The Hall–Kier alpha value is -0.900. The molecule has 0 fully saturated rings. The molecule has 1 aromatic rings. The maximum atomic E-state index is 8.89. The molecule has 1 rings (SSSR count). The second kappa shape index (κ2) is 7.39. The van der Waals surface area contributed by atoms with Crippen LogP contribution in [0.2, 0.25) is 0 Å². The monoisotopic (exact) mass is 224 g/mol. The van der Waals surface area contributed by atoms with Gasteiger partial charge in [-0.05, 0) is 25.8 Å². The van der Waals surface area contributed by atoms with E-state index in [0.29, 0.717) is 19.6 Å². The molecule has 0 unspecified atom stereocenters. The van der Waals surface area contributed by atoms with Gasteiger partial charge >= 0.3 is 0 Å². The summed E-state index contributed by atoms with van der Waals surface area (Å²) in [4.78, 5) is 0. The summed E-state index contributed by atoms with van der Waals surface area (Å²) in [6.45, 7) is 5.30. The highest BCUT2D eigenvalue weighted by Gasteiger charge is 2.11. The molecule has 0 aliphatic rings. The molecule has 0 heterocycles. The highest BCUT2D eigenvalue weighted by Crippen LogP contribution is 2.20. The average molecular weight is 224 g/mol. The highest BCUT2D eigenvalue weighted by molar-refractivity contribution is 5.24. The van der Waals surface area contributed by atoms with Crippen LogP contribution in [-0.2, 0) is 15.9 Å². The summed E-state index contributed by atoms with van der Waals surface area (Å²) >= 11 is 0. The number of aliphatic hydroxyl groups excluding tert-OH is 1. The van der Waals surface area contributed by atoms with Crippen LogP contribution in [0.3, 0.4) is 0 Å². The van der Waals surface area contributed by atoms with Crippen molar-refractivity contribution in [2.45, 2.75) is 26.6 Å². The zero-order valence-electron chi connectivity index (χ0n) is 9.98. The second-order valence-corrected chi connectivity index (χ2v) is 3.46. The van der Waals surface area contributed by atoms with Gasteiger partial charge in [-0.3, -0.25) is 0 Å². The average Bonchev–Trinajstić information content (AvgIpc) is 2.30. The molecule has 0 radical (unpaired) electrons. The van der Waals surface area contributed by atoms with Crippen LogP contribution in [-0.4, -0.2) is 24.9 Å². The molecule has 0 aliphatic carbocycles. The Labute approximate surface area is 97.0 Å². The minimum absolute atomic E-state index is 0.164. The van der Waals surface area contributed by atoms with Crippen LogP contribution in [0.25, 0.3) is 0 Å². The smallest absolute Gasteiger partial charge is 0.183 e. The molecule has 0 spiro atoms. The number of hydrogen-bond acceptors (Lipinski definition) is 3. The summed E-state index contributed by atoms with van der Waals surface area (Å²) in [5.74, 6) is 0. The Bertz CT molecular complexity index is 293. The molecular formula is C13H20O3. The molecule has 0 saturated carbocycles. The van der Waals surface area contributed by atoms with Gasteiger partial charge in [-0.1, -0.05) is 24.3 Å². The zero-order chi connectivity index (χ0) is 11.8. The van der Waals surface area contributed by atoms with E-state index in [0.717, 1.165) is 11.1 Å². The summed E-state index contributed by atoms with van der Waals surface area (Å²) < 4.78 is 11.0. The van der Waals surface area contributed by atoms with Gasteiger partial charge in [-0.25, -0.2) is 0 Å². The SMILES string of the molecule is CCOC(OCC)c1cccc(CCO)c1. The lowest BCUT2D eigenvalue weighted by molar-refractivity contribution is -0.140. The second-order valence-electron chi connectivity index (χ2n) is 3.46. The van der Waals surface area contributed by atoms with E-state index in [1.807, 2.05) is 38.1 Å². The van der Waals surface area contributed by atoms with Crippen molar-refractivity contribution in [2.24, 2.45) is 0 Å². The molecule has 16 heavy (non-hydrogen) atoms. The van der Waals surface area contributed by atoms with Gasteiger partial charge in [0.05, 0.1) is 0 Å². The molecule has 0 atom stereocenters. The summed E-state index contributed by atoms with van der Waals surface area (Å²) in [6, 6.07) is 7.96. The van der Waals surface area contributed by atoms with Gasteiger partial charge in [0.25, 0.3) is 0 Å². The molecule has 3 heteroatoms. The standard InChI is InChI=1S/C13H20O3/c1-3-15-13(16-4-2)12-7-5-6-11(10-12)8-9-14/h5-7,10,13-14H,3-4,8-9H2,1-2H3. The lowest BCUT2D eigenvalue weighted by atomic mass is 10.1. The van der Waals surface area contributed by atoms with Crippen LogP contribution in [0.15, 0.2) is 24.3 Å². The molecular weight excluding hydrogens is 204 g/mol. The van der Waals surface area contributed by atoms with Gasteiger partial charge in [0.15, 0.2) is 6.29 Å². The molecule has 0 amide bonds. The minimum Gasteiger partial charge on any atom is -0.396 e.